The molecule has 0 unspecified atom stereocenters. The Labute approximate surface area is 188 Å². The van der Waals surface area contributed by atoms with Crippen molar-refractivity contribution in [3.8, 4) is 11.3 Å². The third-order valence-corrected chi connectivity index (χ3v) is 5.06. The molecule has 3 rings (SSSR count). The molecule has 10 heteroatoms. The first-order chi connectivity index (χ1) is 16.0. The van der Waals surface area contributed by atoms with Gasteiger partial charge in [0.1, 0.15) is 17.4 Å². The van der Waals surface area contributed by atoms with Gasteiger partial charge in [-0.25, -0.2) is 13.2 Å². The highest BCUT2D eigenvalue weighted by Crippen LogP contribution is 2.31. The molecule has 0 atom stereocenters. The fourth-order valence-electron chi connectivity index (χ4n) is 3.40. The number of hydrogen-bond donors (Lipinski definition) is 2. The van der Waals surface area contributed by atoms with Crippen molar-refractivity contribution in [3.63, 3.8) is 0 Å². The quantitative estimate of drug-likeness (QED) is 0.146. The number of hydrogen-bond acceptors (Lipinski definition) is 5. The second-order valence-corrected chi connectivity index (χ2v) is 7.46. The van der Waals surface area contributed by atoms with E-state index in [0.29, 0.717) is 25.6 Å². The maximum absolute atomic E-state index is 14.5. The normalized spacial score (nSPS) is 10.8. The summed E-state index contributed by atoms with van der Waals surface area (Å²) in [5.74, 6) is -2.53. The number of fused-ring (bicyclic) bond motifs is 1. The van der Waals surface area contributed by atoms with Crippen molar-refractivity contribution < 1.29 is 17.6 Å². The van der Waals surface area contributed by atoms with Gasteiger partial charge in [-0.3, -0.25) is 4.79 Å². The number of nitrogens with zero attached hydrogens (tertiary/aromatic N) is 3. The van der Waals surface area contributed by atoms with Gasteiger partial charge in [-0.15, -0.1) is 0 Å². The lowest BCUT2D eigenvalue weighted by molar-refractivity contribution is 0.545. The van der Waals surface area contributed by atoms with Crippen LogP contribution in [0.2, 0.25) is 0 Å². The zero-order valence-corrected chi connectivity index (χ0v) is 18.1. The highest BCUT2D eigenvalue weighted by atomic mass is 19.1. The number of halogens is 3. The number of rotatable bonds is 11. The lowest BCUT2D eigenvalue weighted by Gasteiger charge is -2.12. The number of anilines is 2. The molecular weight excluding hydrogens is 435 g/mol. The van der Waals surface area contributed by atoms with Gasteiger partial charge >= 0.3 is 0 Å². The molecule has 33 heavy (non-hydrogen) atoms. The van der Waals surface area contributed by atoms with Gasteiger partial charge in [0.25, 0.3) is 0 Å². The van der Waals surface area contributed by atoms with Crippen molar-refractivity contribution in [3.05, 3.63) is 68.4 Å². The van der Waals surface area contributed by atoms with Gasteiger partial charge in [-0.2, -0.15) is 0 Å². The van der Waals surface area contributed by atoms with E-state index < -0.39 is 28.5 Å². The summed E-state index contributed by atoms with van der Waals surface area (Å²) in [6.07, 6.45) is 3.19. The van der Waals surface area contributed by atoms with Gasteiger partial charge in [0.2, 0.25) is 0 Å². The van der Waals surface area contributed by atoms with Crippen LogP contribution in [0.15, 0.2) is 44.7 Å². The van der Waals surface area contributed by atoms with Gasteiger partial charge in [0, 0.05) is 42.2 Å². The van der Waals surface area contributed by atoms with E-state index in [-0.39, 0.29) is 34.6 Å². The topological polar surface area (TPSA) is 103 Å². The van der Waals surface area contributed by atoms with Gasteiger partial charge in [0.15, 0.2) is 16.8 Å². The molecular formula is C23H24F3N5O2. The zero-order chi connectivity index (χ0) is 23.8. The van der Waals surface area contributed by atoms with E-state index in [9.17, 15) is 18.0 Å². The Morgan fingerprint density at radius 3 is 2.52 bits per heavy atom. The van der Waals surface area contributed by atoms with Crippen molar-refractivity contribution in [1.82, 2.24) is 0 Å². The number of azide groups is 1. The molecule has 0 bridgehead atoms. The van der Waals surface area contributed by atoms with Crippen LogP contribution < -0.4 is 16.1 Å². The standard InChI is InChI=1S/C23H24F3N5O2/c1-2-3-4-8-29-22-16(25)12-17(26)23-21(22)19(32)13-20(33-23)14-6-7-18(15(24)11-14)28-9-5-10-30-31-27/h6-7,11-13,28-29H,2-5,8-10H2,1H3. The van der Waals surface area contributed by atoms with Crippen LogP contribution in [0.1, 0.15) is 32.6 Å². The summed E-state index contributed by atoms with van der Waals surface area (Å²) in [4.78, 5) is 15.4. The van der Waals surface area contributed by atoms with Crippen molar-refractivity contribution in [2.45, 2.75) is 32.6 Å². The minimum absolute atomic E-state index is 0.0382. The summed E-state index contributed by atoms with van der Waals surface area (Å²) >= 11 is 0. The minimum Gasteiger partial charge on any atom is -0.453 e. The van der Waals surface area contributed by atoms with Gasteiger partial charge < -0.3 is 15.1 Å². The molecule has 7 nitrogen and oxygen atoms in total. The number of nitrogens with one attached hydrogen (secondary N) is 2. The van der Waals surface area contributed by atoms with Crippen LogP contribution in [-0.2, 0) is 0 Å². The van der Waals surface area contributed by atoms with E-state index in [0.717, 1.165) is 31.4 Å². The molecule has 3 aromatic rings. The van der Waals surface area contributed by atoms with Crippen LogP contribution in [-0.4, -0.2) is 19.6 Å². The monoisotopic (exact) mass is 459 g/mol. The molecule has 0 aliphatic carbocycles. The summed E-state index contributed by atoms with van der Waals surface area (Å²) in [6, 6.07) is 5.91. The van der Waals surface area contributed by atoms with Crippen LogP contribution in [0, 0.1) is 17.5 Å². The van der Waals surface area contributed by atoms with E-state index >= 15 is 0 Å². The molecule has 2 N–H and O–H groups in total. The predicted molar refractivity (Wildman–Crippen MR) is 123 cm³/mol. The lowest BCUT2D eigenvalue weighted by atomic mass is 10.1. The van der Waals surface area contributed by atoms with Crippen molar-refractivity contribution in [2.24, 2.45) is 5.11 Å². The molecule has 0 radical (unpaired) electrons. The molecule has 2 aromatic carbocycles. The molecule has 1 aromatic heterocycles. The Balaban J connectivity index is 1.91. The fraction of sp³-hybridized carbons (Fsp3) is 0.348. The van der Waals surface area contributed by atoms with E-state index in [4.69, 9.17) is 9.95 Å². The Hall–Kier alpha value is -3.65. The van der Waals surface area contributed by atoms with Crippen LogP contribution in [0.5, 0.6) is 0 Å². The average molecular weight is 459 g/mol. The smallest absolute Gasteiger partial charge is 0.195 e. The van der Waals surface area contributed by atoms with E-state index in [2.05, 4.69) is 20.7 Å². The lowest BCUT2D eigenvalue weighted by Crippen LogP contribution is -2.10. The van der Waals surface area contributed by atoms with Crippen LogP contribution in [0.4, 0.5) is 24.5 Å². The van der Waals surface area contributed by atoms with Gasteiger partial charge in [-0.05, 0) is 36.6 Å². The summed E-state index contributed by atoms with van der Waals surface area (Å²) in [5, 5.41) is 8.94. The molecule has 0 amide bonds. The second-order valence-electron chi connectivity index (χ2n) is 7.46. The molecule has 174 valence electrons. The van der Waals surface area contributed by atoms with Crippen LogP contribution >= 0.6 is 0 Å². The van der Waals surface area contributed by atoms with Crippen molar-refractivity contribution in [1.29, 1.82) is 0 Å². The second kappa shape index (κ2) is 11.3. The number of unbranched alkanes of at least 4 members (excludes halogenated alkanes) is 2. The predicted octanol–water partition coefficient (Wildman–Crippen LogP) is 6.59. The molecule has 0 aliphatic rings. The SMILES string of the molecule is CCCCCNc1c(F)cc(F)c2oc(-c3ccc(NCCCN=[N+]=[N-])c(F)c3)cc(=O)c12. The third kappa shape index (κ3) is 5.78. The Bertz CT molecular complexity index is 1240. The highest BCUT2D eigenvalue weighted by molar-refractivity contribution is 5.91. The maximum atomic E-state index is 14.5. The molecule has 0 spiro atoms. The largest absolute Gasteiger partial charge is 0.453 e. The van der Waals surface area contributed by atoms with Gasteiger partial charge in [-0.1, -0.05) is 24.9 Å². The van der Waals surface area contributed by atoms with E-state index in [1.807, 2.05) is 6.92 Å². The third-order valence-electron chi connectivity index (χ3n) is 5.06. The summed E-state index contributed by atoms with van der Waals surface area (Å²) in [5.41, 5.74) is 7.57. The fourth-order valence-corrected chi connectivity index (χ4v) is 3.40. The minimum atomic E-state index is -1.01. The van der Waals surface area contributed by atoms with E-state index in [1.54, 1.807) is 0 Å². The van der Waals surface area contributed by atoms with Crippen molar-refractivity contribution in [2.75, 3.05) is 30.3 Å². The first kappa shape index (κ1) is 24.0. The summed E-state index contributed by atoms with van der Waals surface area (Å²) in [6.45, 7) is 3.13. The molecule has 0 fully saturated rings. The Kier molecular flexibility index (Phi) is 8.21. The first-order valence-electron chi connectivity index (χ1n) is 10.7. The molecule has 0 saturated carbocycles. The first-order valence-corrected chi connectivity index (χ1v) is 10.7. The van der Waals surface area contributed by atoms with Crippen LogP contribution in [0.3, 0.4) is 0 Å². The summed E-state index contributed by atoms with van der Waals surface area (Å²) < 4.78 is 49.0. The van der Waals surface area contributed by atoms with Crippen molar-refractivity contribution >= 4 is 22.3 Å². The Morgan fingerprint density at radius 1 is 1.00 bits per heavy atom. The van der Waals surface area contributed by atoms with Gasteiger partial charge in [0.05, 0.1) is 16.8 Å². The molecule has 0 saturated heterocycles. The van der Waals surface area contributed by atoms with E-state index in [1.165, 1.54) is 12.1 Å². The Morgan fingerprint density at radius 2 is 1.79 bits per heavy atom. The molecule has 0 aliphatic heterocycles. The average Bonchev–Trinajstić information content (AvgIpc) is 2.79. The molecule has 1 heterocycles. The summed E-state index contributed by atoms with van der Waals surface area (Å²) in [7, 11) is 0. The maximum Gasteiger partial charge on any atom is 0.195 e. The van der Waals surface area contributed by atoms with Crippen LogP contribution in [0.25, 0.3) is 32.7 Å². The number of benzene rings is 2. The zero-order valence-electron chi connectivity index (χ0n) is 18.1. The highest BCUT2D eigenvalue weighted by Gasteiger charge is 2.19.